The quantitative estimate of drug-likeness (QED) is 0.471. The number of carbonyl (C=O) groups is 2. The minimum Gasteiger partial charge on any atom is -0.493 e. The van der Waals surface area contributed by atoms with Crippen molar-refractivity contribution in [3.8, 4) is 11.5 Å². The molecule has 0 radical (unpaired) electrons. The molecule has 202 valence electrons. The number of ether oxygens (including phenoxy) is 2. The van der Waals surface area contributed by atoms with E-state index in [4.69, 9.17) is 9.47 Å². The van der Waals surface area contributed by atoms with Gasteiger partial charge in [-0.3, -0.25) is 14.5 Å². The molecule has 39 heavy (non-hydrogen) atoms. The first-order valence-electron chi connectivity index (χ1n) is 13.8. The summed E-state index contributed by atoms with van der Waals surface area (Å²) in [7, 11) is 3.13. The van der Waals surface area contributed by atoms with E-state index < -0.39 is 5.92 Å². The third kappa shape index (κ3) is 4.65. The van der Waals surface area contributed by atoms with E-state index in [9.17, 15) is 9.59 Å². The number of hydrogen-bond donors (Lipinski definition) is 1. The molecule has 7 nitrogen and oxygen atoms in total. The van der Waals surface area contributed by atoms with E-state index in [-0.39, 0.29) is 17.9 Å². The van der Waals surface area contributed by atoms with Crippen molar-refractivity contribution in [1.29, 1.82) is 0 Å². The van der Waals surface area contributed by atoms with E-state index in [1.807, 2.05) is 23.1 Å². The van der Waals surface area contributed by atoms with Crippen LogP contribution in [0.1, 0.15) is 56.6 Å². The molecule has 0 bridgehead atoms. The van der Waals surface area contributed by atoms with Crippen molar-refractivity contribution in [3.05, 3.63) is 94.0 Å². The third-order valence-electron chi connectivity index (χ3n) is 8.47. The lowest BCUT2D eigenvalue weighted by atomic mass is 9.75. The molecule has 0 saturated heterocycles. The van der Waals surface area contributed by atoms with Crippen LogP contribution in [0.4, 0.5) is 0 Å². The fourth-order valence-electron chi connectivity index (χ4n) is 6.50. The zero-order chi connectivity index (χ0) is 26.9. The summed E-state index contributed by atoms with van der Waals surface area (Å²) in [6.45, 7) is 4.08. The second-order valence-corrected chi connectivity index (χ2v) is 10.6. The molecule has 3 aromatic rings. The van der Waals surface area contributed by atoms with Gasteiger partial charge in [0.05, 0.1) is 26.2 Å². The number of amides is 2. The van der Waals surface area contributed by atoms with Crippen LogP contribution in [0.2, 0.25) is 0 Å². The lowest BCUT2D eigenvalue weighted by Gasteiger charge is -2.45. The summed E-state index contributed by atoms with van der Waals surface area (Å²) in [6.07, 6.45) is 2.70. The highest BCUT2D eigenvalue weighted by Gasteiger charge is 2.46. The van der Waals surface area contributed by atoms with E-state index in [0.29, 0.717) is 35.7 Å². The molecule has 1 N–H and O–H groups in total. The molecule has 3 aromatic carbocycles. The van der Waals surface area contributed by atoms with Gasteiger partial charge < -0.3 is 19.7 Å². The van der Waals surface area contributed by atoms with Gasteiger partial charge >= 0.3 is 0 Å². The number of benzene rings is 3. The Morgan fingerprint density at radius 2 is 1.59 bits per heavy atom. The van der Waals surface area contributed by atoms with Crippen LogP contribution in [0.25, 0.3) is 0 Å². The van der Waals surface area contributed by atoms with Crippen LogP contribution < -0.4 is 14.8 Å². The predicted octanol–water partition coefficient (Wildman–Crippen LogP) is 4.11. The topological polar surface area (TPSA) is 71.1 Å². The molecule has 0 saturated carbocycles. The summed E-state index contributed by atoms with van der Waals surface area (Å²) >= 11 is 0. The number of nitrogens with one attached hydrogen (secondary N) is 1. The number of methoxy groups -OCH3 is 2. The lowest BCUT2D eigenvalue weighted by Crippen LogP contribution is -2.50. The van der Waals surface area contributed by atoms with Crippen molar-refractivity contribution < 1.29 is 19.1 Å². The molecule has 2 amide bonds. The summed E-state index contributed by atoms with van der Waals surface area (Å²) in [4.78, 5) is 32.0. The van der Waals surface area contributed by atoms with Gasteiger partial charge in [0.1, 0.15) is 0 Å². The van der Waals surface area contributed by atoms with Gasteiger partial charge in [0, 0.05) is 38.3 Å². The number of fused-ring (bicyclic) bond motifs is 5. The number of rotatable bonds is 7. The van der Waals surface area contributed by atoms with E-state index in [1.54, 1.807) is 20.3 Å². The van der Waals surface area contributed by atoms with Crippen molar-refractivity contribution in [1.82, 2.24) is 15.1 Å². The average Bonchev–Trinajstić information content (AvgIpc) is 2.98. The van der Waals surface area contributed by atoms with Crippen LogP contribution in [-0.2, 0) is 24.2 Å². The molecule has 2 atom stereocenters. The monoisotopic (exact) mass is 525 g/mol. The minimum absolute atomic E-state index is 0.0633. The Morgan fingerprint density at radius 3 is 2.38 bits per heavy atom. The average molecular weight is 526 g/mol. The number of nitrogens with zero attached hydrogens (tertiary/aromatic N) is 2. The molecule has 3 aliphatic rings. The van der Waals surface area contributed by atoms with Crippen LogP contribution in [0.15, 0.2) is 60.7 Å². The van der Waals surface area contributed by atoms with Crippen molar-refractivity contribution in [3.63, 3.8) is 0 Å². The van der Waals surface area contributed by atoms with Gasteiger partial charge in [-0.05, 0) is 59.2 Å². The molecule has 6 rings (SSSR count). The van der Waals surface area contributed by atoms with E-state index in [1.165, 1.54) is 16.7 Å². The first-order valence-corrected chi connectivity index (χ1v) is 13.8. The molecule has 0 unspecified atom stereocenters. The molecule has 0 aromatic heterocycles. The molecular formula is C32H35N3O4. The molecule has 0 aliphatic carbocycles. The van der Waals surface area contributed by atoms with Crippen LogP contribution in [-0.4, -0.2) is 62.0 Å². The molecular weight excluding hydrogens is 490 g/mol. The number of carbonyl (C=O) groups excluding carboxylic acids is 2. The van der Waals surface area contributed by atoms with Crippen molar-refractivity contribution in [2.45, 2.75) is 37.8 Å². The van der Waals surface area contributed by atoms with Crippen molar-refractivity contribution in [2.75, 3.05) is 40.4 Å². The predicted molar refractivity (Wildman–Crippen MR) is 149 cm³/mol. The maximum absolute atomic E-state index is 14.0. The Morgan fingerprint density at radius 1 is 0.897 bits per heavy atom. The molecule has 0 spiro atoms. The van der Waals surface area contributed by atoms with Crippen LogP contribution in [0.3, 0.4) is 0 Å². The first-order chi connectivity index (χ1) is 19.1. The van der Waals surface area contributed by atoms with Crippen molar-refractivity contribution in [2.24, 2.45) is 0 Å². The Bertz CT molecular complexity index is 1400. The van der Waals surface area contributed by atoms with Gasteiger partial charge in [-0.2, -0.15) is 0 Å². The van der Waals surface area contributed by atoms with Crippen LogP contribution in [0, 0.1) is 0 Å². The second kappa shape index (κ2) is 10.7. The lowest BCUT2D eigenvalue weighted by molar-refractivity contribution is -0.124. The van der Waals surface area contributed by atoms with Gasteiger partial charge in [0.15, 0.2) is 11.5 Å². The molecule has 3 heterocycles. The normalized spacial score (nSPS) is 19.8. The maximum Gasteiger partial charge on any atom is 0.254 e. The smallest absolute Gasteiger partial charge is 0.254 e. The highest BCUT2D eigenvalue weighted by molar-refractivity contribution is 6.02. The van der Waals surface area contributed by atoms with Crippen molar-refractivity contribution >= 4 is 11.8 Å². The largest absolute Gasteiger partial charge is 0.493 e. The standard InChI is InChI=1S/C32H35N3O4/c1-38-27-18-25-26(19-28(27)39-2)32(37)35-17-13-22-9-5-6-11-24(22)30(35)29(25)31(36)33-14-7-15-34-16-12-21-8-3-4-10-23(21)20-34/h3-6,8-11,18-19,29-30H,7,12-17,20H2,1-2H3,(H,33,36)/t29-,30+/m1/s1. The van der Waals surface area contributed by atoms with Gasteiger partial charge in [0.25, 0.3) is 5.91 Å². The van der Waals surface area contributed by atoms with Gasteiger partial charge in [-0.1, -0.05) is 48.5 Å². The highest BCUT2D eigenvalue weighted by atomic mass is 16.5. The Kier molecular flexibility index (Phi) is 7.00. The van der Waals surface area contributed by atoms with E-state index in [0.717, 1.165) is 44.5 Å². The fraction of sp³-hybridized carbons (Fsp3) is 0.375. The van der Waals surface area contributed by atoms with Crippen LogP contribution >= 0.6 is 0 Å². The summed E-state index contributed by atoms with van der Waals surface area (Å²) in [6, 6.07) is 20.0. The SMILES string of the molecule is COc1cc2c(cc1OC)[C@@H](C(=O)NCCCN1CCc3ccccc3C1)[C@@H]1c3ccccc3CCN1C2=O. The highest BCUT2D eigenvalue weighted by Crippen LogP contribution is 2.48. The summed E-state index contributed by atoms with van der Waals surface area (Å²) in [5.41, 5.74) is 6.29. The summed E-state index contributed by atoms with van der Waals surface area (Å²) in [5.74, 6) is 0.333. The maximum atomic E-state index is 14.0. The Balaban J connectivity index is 1.24. The van der Waals surface area contributed by atoms with Gasteiger partial charge in [0.2, 0.25) is 5.91 Å². The minimum atomic E-state index is -0.541. The third-order valence-corrected chi connectivity index (χ3v) is 8.47. The zero-order valence-electron chi connectivity index (χ0n) is 22.6. The second-order valence-electron chi connectivity index (χ2n) is 10.6. The Hall–Kier alpha value is -3.84. The summed E-state index contributed by atoms with van der Waals surface area (Å²) in [5, 5.41) is 3.22. The zero-order valence-corrected chi connectivity index (χ0v) is 22.6. The molecule has 0 fully saturated rings. The van der Waals surface area contributed by atoms with E-state index >= 15 is 0 Å². The van der Waals surface area contributed by atoms with Gasteiger partial charge in [-0.25, -0.2) is 0 Å². The van der Waals surface area contributed by atoms with Gasteiger partial charge in [-0.15, -0.1) is 0 Å². The summed E-state index contributed by atoms with van der Waals surface area (Å²) < 4.78 is 11.1. The molecule has 3 aliphatic heterocycles. The van der Waals surface area contributed by atoms with Crippen LogP contribution in [0.5, 0.6) is 11.5 Å². The first kappa shape index (κ1) is 25.4. The Labute approximate surface area is 229 Å². The molecule has 7 heteroatoms. The van der Waals surface area contributed by atoms with E-state index in [2.05, 4.69) is 46.6 Å². The number of hydrogen-bond acceptors (Lipinski definition) is 5. The fourth-order valence-corrected chi connectivity index (χ4v) is 6.50.